The number of halogens is 2. The van der Waals surface area contributed by atoms with Gasteiger partial charge in [-0.1, -0.05) is 19.9 Å². The molecule has 1 fully saturated rings. The normalized spacial score (nSPS) is 19.8. The van der Waals surface area contributed by atoms with E-state index in [9.17, 15) is 8.78 Å². The summed E-state index contributed by atoms with van der Waals surface area (Å²) in [5.74, 6) is -1.34. The smallest absolute Gasteiger partial charge is 0.200 e. The molecule has 1 aliphatic carbocycles. The maximum Gasteiger partial charge on any atom is 0.200 e. The van der Waals surface area contributed by atoms with Crippen molar-refractivity contribution >= 4 is 0 Å². The van der Waals surface area contributed by atoms with E-state index in [0.717, 1.165) is 31.2 Å². The molecule has 1 aromatic rings. The highest BCUT2D eigenvalue weighted by Gasteiger charge is 2.30. The molecule has 0 radical (unpaired) electrons. The van der Waals surface area contributed by atoms with Crippen LogP contribution < -0.4 is 4.74 Å². The Morgan fingerprint density at radius 1 is 1.17 bits per heavy atom. The quantitative estimate of drug-likeness (QED) is 0.746. The van der Waals surface area contributed by atoms with Crippen molar-refractivity contribution in [1.29, 1.82) is 0 Å². The van der Waals surface area contributed by atoms with Gasteiger partial charge >= 0.3 is 0 Å². The van der Waals surface area contributed by atoms with Crippen LogP contribution in [-0.2, 0) is 0 Å². The fourth-order valence-electron chi connectivity index (χ4n) is 2.79. The number of benzene rings is 1. The molecule has 0 N–H and O–H groups in total. The average Bonchev–Trinajstić information content (AvgIpc) is 2.33. The van der Waals surface area contributed by atoms with E-state index in [1.54, 1.807) is 6.07 Å². The Hall–Kier alpha value is -1.12. The maximum absolute atomic E-state index is 13.7. The van der Waals surface area contributed by atoms with Gasteiger partial charge in [0.1, 0.15) is 0 Å². The van der Waals surface area contributed by atoms with Gasteiger partial charge in [0.2, 0.25) is 5.82 Å². The third kappa shape index (κ3) is 2.50. The average molecular weight is 254 g/mol. The highest BCUT2D eigenvalue weighted by molar-refractivity contribution is 5.38. The van der Waals surface area contributed by atoms with Crippen molar-refractivity contribution < 1.29 is 13.5 Å². The second-order valence-electron chi connectivity index (χ2n) is 5.92. The Bertz CT molecular complexity index is 430. The summed E-state index contributed by atoms with van der Waals surface area (Å²) in [6.07, 6.45) is 4.24. The van der Waals surface area contributed by atoms with Crippen molar-refractivity contribution in [2.24, 2.45) is 5.41 Å². The third-order valence-corrected chi connectivity index (χ3v) is 4.06. The Labute approximate surface area is 107 Å². The predicted octanol–water partition coefficient (Wildman–Crippen LogP) is 4.66. The van der Waals surface area contributed by atoms with Gasteiger partial charge in [0, 0.05) is 5.56 Å². The molecule has 0 bridgehead atoms. The SMILES string of the molecule is COc1c(C2CCC(C)(C)CC2)ccc(F)c1F. The van der Waals surface area contributed by atoms with E-state index >= 15 is 0 Å². The van der Waals surface area contributed by atoms with Crippen molar-refractivity contribution in [3.63, 3.8) is 0 Å². The first-order valence-electron chi connectivity index (χ1n) is 6.46. The van der Waals surface area contributed by atoms with Crippen LogP contribution in [0.1, 0.15) is 51.0 Å². The molecule has 3 heteroatoms. The van der Waals surface area contributed by atoms with Gasteiger partial charge in [0.25, 0.3) is 0 Å². The van der Waals surface area contributed by atoms with E-state index in [4.69, 9.17) is 4.74 Å². The highest BCUT2D eigenvalue weighted by atomic mass is 19.2. The van der Waals surface area contributed by atoms with Gasteiger partial charge in [0.05, 0.1) is 7.11 Å². The van der Waals surface area contributed by atoms with Gasteiger partial charge < -0.3 is 4.74 Å². The van der Waals surface area contributed by atoms with Crippen LogP contribution >= 0.6 is 0 Å². The second-order valence-corrected chi connectivity index (χ2v) is 5.92. The van der Waals surface area contributed by atoms with Crippen LogP contribution in [0.25, 0.3) is 0 Å². The molecular formula is C15H20F2O. The predicted molar refractivity (Wildman–Crippen MR) is 67.9 cm³/mol. The van der Waals surface area contributed by atoms with Crippen molar-refractivity contribution in [1.82, 2.24) is 0 Å². The van der Waals surface area contributed by atoms with Gasteiger partial charge in [-0.2, -0.15) is 4.39 Å². The third-order valence-electron chi connectivity index (χ3n) is 4.06. The molecule has 0 aromatic heterocycles. The monoisotopic (exact) mass is 254 g/mol. The van der Waals surface area contributed by atoms with Crippen LogP contribution in [0.15, 0.2) is 12.1 Å². The lowest BCUT2D eigenvalue weighted by Crippen LogP contribution is -2.20. The van der Waals surface area contributed by atoms with E-state index in [0.29, 0.717) is 5.41 Å². The van der Waals surface area contributed by atoms with E-state index in [1.165, 1.54) is 13.2 Å². The fourth-order valence-corrected chi connectivity index (χ4v) is 2.79. The van der Waals surface area contributed by atoms with Gasteiger partial charge in [0.15, 0.2) is 11.6 Å². The summed E-state index contributed by atoms with van der Waals surface area (Å²) in [4.78, 5) is 0. The molecule has 2 rings (SSSR count). The lowest BCUT2D eigenvalue weighted by Gasteiger charge is -2.35. The van der Waals surface area contributed by atoms with Crippen LogP contribution in [0.4, 0.5) is 8.78 Å². The summed E-state index contributed by atoms with van der Waals surface area (Å²) in [6, 6.07) is 2.87. The minimum Gasteiger partial charge on any atom is -0.493 e. The first-order chi connectivity index (χ1) is 8.44. The van der Waals surface area contributed by atoms with E-state index in [2.05, 4.69) is 13.8 Å². The number of ether oxygens (including phenoxy) is 1. The lowest BCUT2D eigenvalue weighted by molar-refractivity contribution is 0.221. The van der Waals surface area contributed by atoms with E-state index in [1.807, 2.05) is 0 Å². The molecule has 0 saturated heterocycles. The minimum atomic E-state index is -0.861. The molecule has 1 aliphatic rings. The summed E-state index contributed by atoms with van der Waals surface area (Å²) in [5, 5.41) is 0. The first kappa shape index (κ1) is 13.3. The number of rotatable bonds is 2. The first-order valence-corrected chi connectivity index (χ1v) is 6.46. The van der Waals surface area contributed by atoms with Gasteiger partial charge in [-0.3, -0.25) is 0 Å². The van der Waals surface area contributed by atoms with E-state index < -0.39 is 11.6 Å². The Balaban J connectivity index is 2.27. The minimum absolute atomic E-state index is 0.0831. The molecule has 1 saturated carbocycles. The zero-order chi connectivity index (χ0) is 13.3. The van der Waals surface area contributed by atoms with Crippen molar-refractivity contribution in [2.75, 3.05) is 7.11 Å². The Morgan fingerprint density at radius 3 is 2.33 bits per heavy atom. The Morgan fingerprint density at radius 2 is 1.78 bits per heavy atom. The largest absolute Gasteiger partial charge is 0.493 e. The van der Waals surface area contributed by atoms with Crippen LogP contribution in [0.2, 0.25) is 0 Å². The molecule has 0 heterocycles. The summed E-state index contributed by atoms with van der Waals surface area (Å²) < 4.78 is 31.9. The zero-order valence-corrected chi connectivity index (χ0v) is 11.2. The molecule has 0 unspecified atom stereocenters. The Kier molecular flexibility index (Phi) is 3.60. The van der Waals surface area contributed by atoms with Crippen molar-refractivity contribution in [3.8, 4) is 5.75 Å². The molecule has 18 heavy (non-hydrogen) atoms. The topological polar surface area (TPSA) is 9.23 Å². The molecule has 100 valence electrons. The number of hydrogen-bond donors (Lipinski definition) is 0. The van der Waals surface area contributed by atoms with E-state index in [-0.39, 0.29) is 11.7 Å². The zero-order valence-electron chi connectivity index (χ0n) is 11.2. The molecule has 0 amide bonds. The summed E-state index contributed by atoms with van der Waals surface area (Å²) in [6.45, 7) is 4.51. The molecule has 1 nitrogen and oxygen atoms in total. The highest BCUT2D eigenvalue weighted by Crippen LogP contribution is 2.45. The lowest BCUT2D eigenvalue weighted by atomic mass is 9.71. The van der Waals surface area contributed by atoms with Crippen molar-refractivity contribution in [2.45, 2.75) is 45.4 Å². The van der Waals surface area contributed by atoms with Crippen LogP contribution in [-0.4, -0.2) is 7.11 Å². The summed E-state index contributed by atoms with van der Waals surface area (Å²) in [5.41, 5.74) is 1.18. The van der Waals surface area contributed by atoms with Crippen LogP contribution in [0.3, 0.4) is 0 Å². The fraction of sp³-hybridized carbons (Fsp3) is 0.600. The number of hydrogen-bond acceptors (Lipinski definition) is 1. The molecule has 0 spiro atoms. The van der Waals surface area contributed by atoms with Crippen LogP contribution in [0.5, 0.6) is 5.75 Å². The van der Waals surface area contributed by atoms with Gasteiger partial charge in [-0.05, 0) is 43.1 Å². The summed E-state index contributed by atoms with van der Waals surface area (Å²) in [7, 11) is 1.40. The van der Waals surface area contributed by atoms with Crippen LogP contribution in [0, 0.1) is 17.0 Å². The molecule has 0 atom stereocenters. The molecule has 0 aliphatic heterocycles. The molecule has 1 aromatic carbocycles. The summed E-state index contributed by atoms with van der Waals surface area (Å²) >= 11 is 0. The second kappa shape index (κ2) is 4.87. The maximum atomic E-state index is 13.7. The standard InChI is InChI=1S/C15H20F2O/c1-15(2)8-6-10(7-9-15)11-4-5-12(16)13(17)14(11)18-3/h4-5,10H,6-9H2,1-3H3. The van der Waals surface area contributed by atoms with Gasteiger partial charge in [-0.25, -0.2) is 4.39 Å². The van der Waals surface area contributed by atoms with Gasteiger partial charge in [-0.15, -0.1) is 0 Å². The number of methoxy groups -OCH3 is 1. The van der Waals surface area contributed by atoms with Crippen molar-refractivity contribution in [3.05, 3.63) is 29.3 Å². The molecular weight excluding hydrogens is 234 g/mol.